The highest BCUT2D eigenvalue weighted by molar-refractivity contribution is 7.99. The number of benzene rings is 2. The summed E-state index contributed by atoms with van der Waals surface area (Å²) in [6.45, 7) is 0.292. The third-order valence-electron chi connectivity index (χ3n) is 4.03. The molecule has 0 aromatic heterocycles. The van der Waals surface area contributed by atoms with Gasteiger partial charge in [-0.2, -0.15) is 0 Å². The summed E-state index contributed by atoms with van der Waals surface area (Å²) in [5.41, 5.74) is 1.29. The first-order valence-electron chi connectivity index (χ1n) is 7.96. The van der Waals surface area contributed by atoms with Crippen molar-refractivity contribution in [2.75, 3.05) is 17.9 Å². The number of hydrogen-bond acceptors (Lipinski definition) is 6. The Morgan fingerprint density at radius 3 is 2.85 bits per heavy atom. The van der Waals surface area contributed by atoms with Crippen molar-refractivity contribution in [3.05, 3.63) is 42.0 Å². The van der Waals surface area contributed by atoms with Gasteiger partial charge in [-0.15, -0.1) is 11.8 Å². The van der Waals surface area contributed by atoms with Gasteiger partial charge in [-0.3, -0.25) is 4.79 Å². The Morgan fingerprint density at radius 1 is 1.12 bits per heavy atom. The Labute approximate surface area is 155 Å². The van der Waals surface area contributed by atoms with Crippen LogP contribution in [0.5, 0.6) is 11.5 Å². The molecule has 26 heavy (non-hydrogen) atoms. The van der Waals surface area contributed by atoms with Crippen LogP contribution in [0.25, 0.3) is 0 Å². The Balaban J connectivity index is 1.52. The number of sulfonamides is 1. The summed E-state index contributed by atoms with van der Waals surface area (Å²) in [5, 5.41) is 2.75. The Hall–Kier alpha value is -2.23. The van der Waals surface area contributed by atoms with E-state index >= 15 is 0 Å². The van der Waals surface area contributed by atoms with Crippen LogP contribution < -0.4 is 19.5 Å². The van der Waals surface area contributed by atoms with Gasteiger partial charge in [0.25, 0.3) is 0 Å². The Bertz CT molecular complexity index is 975. The van der Waals surface area contributed by atoms with Crippen LogP contribution in [0.15, 0.2) is 46.2 Å². The van der Waals surface area contributed by atoms with Crippen LogP contribution in [0.4, 0.5) is 5.69 Å². The molecule has 9 heteroatoms. The van der Waals surface area contributed by atoms with Crippen molar-refractivity contribution in [2.24, 2.45) is 0 Å². The number of rotatable bonds is 4. The van der Waals surface area contributed by atoms with Crippen molar-refractivity contribution in [1.82, 2.24) is 4.72 Å². The van der Waals surface area contributed by atoms with E-state index in [4.69, 9.17) is 9.47 Å². The highest BCUT2D eigenvalue weighted by Gasteiger charge is 2.20. The zero-order valence-electron chi connectivity index (χ0n) is 13.7. The van der Waals surface area contributed by atoms with Crippen molar-refractivity contribution in [1.29, 1.82) is 0 Å². The first kappa shape index (κ1) is 17.2. The minimum absolute atomic E-state index is 0.111. The monoisotopic (exact) mass is 392 g/mol. The lowest BCUT2D eigenvalue weighted by Crippen LogP contribution is -2.23. The summed E-state index contributed by atoms with van der Waals surface area (Å²) in [4.78, 5) is 12.7. The third kappa shape index (κ3) is 3.50. The SMILES string of the molecule is O=C1CCSc2ccc(S(=O)(=O)NCc3ccc4c(c3)OCO4)cc2N1. The number of hydrogen-bond donors (Lipinski definition) is 2. The topological polar surface area (TPSA) is 93.7 Å². The van der Waals surface area contributed by atoms with Gasteiger partial charge < -0.3 is 14.8 Å². The van der Waals surface area contributed by atoms with E-state index in [2.05, 4.69) is 10.0 Å². The molecule has 0 spiro atoms. The maximum absolute atomic E-state index is 12.6. The lowest BCUT2D eigenvalue weighted by molar-refractivity contribution is -0.115. The molecule has 2 aliphatic rings. The Kier molecular flexibility index (Phi) is 4.51. The molecule has 0 fully saturated rings. The van der Waals surface area contributed by atoms with E-state index in [-0.39, 0.29) is 24.1 Å². The van der Waals surface area contributed by atoms with E-state index < -0.39 is 10.0 Å². The minimum atomic E-state index is -3.72. The molecule has 2 aromatic rings. The molecule has 0 unspecified atom stereocenters. The zero-order valence-corrected chi connectivity index (χ0v) is 15.3. The number of nitrogens with one attached hydrogen (secondary N) is 2. The van der Waals surface area contributed by atoms with Gasteiger partial charge in [-0.05, 0) is 35.9 Å². The number of fused-ring (bicyclic) bond motifs is 2. The summed E-state index contributed by atoms with van der Waals surface area (Å²) in [7, 11) is -3.72. The van der Waals surface area contributed by atoms with Crippen molar-refractivity contribution in [3.8, 4) is 11.5 Å². The molecular weight excluding hydrogens is 376 g/mol. The molecule has 7 nitrogen and oxygen atoms in total. The van der Waals surface area contributed by atoms with Crippen molar-refractivity contribution in [3.63, 3.8) is 0 Å². The fourth-order valence-corrected chi connectivity index (χ4v) is 4.66. The fourth-order valence-electron chi connectivity index (χ4n) is 2.68. The van der Waals surface area contributed by atoms with E-state index in [1.54, 1.807) is 30.3 Å². The van der Waals surface area contributed by atoms with Crippen LogP contribution in [0.1, 0.15) is 12.0 Å². The smallest absolute Gasteiger partial charge is 0.240 e. The summed E-state index contributed by atoms with van der Waals surface area (Å²) < 4.78 is 38.3. The molecule has 0 aliphatic carbocycles. The first-order valence-corrected chi connectivity index (χ1v) is 10.4. The molecule has 0 atom stereocenters. The van der Waals surface area contributed by atoms with E-state index in [0.717, 1.165) is 10.5 Å². The predicted molar refractivity (Wildman–Crippen MR) is 97.0 cm³/mol. The fraction of sp³-hybridized carbons (Fsp3) is 0.235. The van der Waals surface area contributed by atoms with Gasteiger partial charge in [-0.25, -0.2) is 13.1 Å². The van der Waals surface area contributed by atoms with Gasteiger partial charge >= 0.3 is 0 Å². The van der Waals surface area contributed by atoms with Gasteiger partial charge in [0, 0.05) is 23.6 Å². The van der Waals surface area contributed by atoms with Crippen LogP contribution in [0.2, 0.25) is 0 Å². The van der Waals surface area contributed by atoms with E-state index in [1.165, 1.54) is 17.8 Å². The van der Waals surface area contributed by atoms with E-state index in [1.807, 2.05) is 0 Å². The van der Waals surface area contributed by atoms with Crippen molar-refractivity contribution >= 4 is 33.4 Å². The lowest BCUT2D eigenvalue weighted by atomic mass is 10.2. The van der Waals surface area contributed by atoms with Crippen LogP contribution in [-0.4, -0.2) is 26.9 Å². The van der Waals surface area contributed by atoms with Gasteiger partial charge in [-0.1, -0.05) is 6.07 Å². The number of amides is 1. The quantitative estimate of drug-likeness (QED) is 0.829. The third-order valence-corrected chi connectivity index (χ3v) is 6.50. The predicted octanol–water partition coefficient (Wildman–Crippen LogP) is 2.33. The van der Waals surface area contributed by atoms with Gasteiger partial charge in [0.1, 0.15) is 0 Å². The molecule has 1 amide bonds. The van der Waals surface area contributed by atoms with Gasteiger partial charge in [0.15, 0.2) is 11.5 Å². The second-order valence-electron chi connectivity index (χ2n) is 5.82. The molecule has 0 saturated carbocycles. The molecule has 4 rings (SSSR count). The lowest BCUT2D eigenvalue weighted by Gasteiger charge is -2.11. The summed E-state index contributed by atoms with van der Waals surface area (Å²) in [6, 6.07) is 10.0. The number of carbonyl (C=O) groups excluding carboxylic acids is 1. The maximum Gasteiger partial charge on any atom is 0.240 e. The van der Waals surface area contributed by atoms with Gasteiger partial charge in [0.2, 0.25) is 22.7 Å². The summed E-state index contributed by atoms with van der Waals surface area (Å²) in [5.74, 6) is 1.81. The average Bonchev–Trinajstić information content (AvgIpc) is 3.00. The molecule has 0 radical (unpaired) electrons. The highest BCUT2D eigenvalue weighted by Crippen LogP contribution is 2.34. The molecular formula is C17H16N2O5S2. The molecule has 136 valence electrons. The molecule has 0 bridgehead atoms. The van der Waals surface area contributed by atoms with E-state index in [9.17, 15) is 13.2 Å². The second kappa shape index (κ2) is 6.82. The number of thioether (sulfide) groups is 1. The second-order valence-corrected chi connectivity index (χ2v) is 8.72. The molecule has 0 saturated heterocycles. The highest BCUT2D eigenvalue weighted by atomic mass is 32.2. The number of carbonyl (C=O) groups is 1. The molecule has 2 heterocycles. The van der Waals surface area contributed by atoms with Crippen molar-refractivity contribution < 1.29 is 22.7 Å². The van der Waals surface area contributed by atoms with Crippen LogP contribution >= 0.6 is 11.8 Å². The first-order chi connectivity index (χ1) is 12.5. The summed E-state index contributed by atoms with van der Waals surface area (Å²) in [6.07, 6.45) is 0.407. The van der Waals surface area contributed by atoms with E-state index in [0.29, 0.717) is 29.4 Å². The van der Waals surface area contributed by atoms with Crippen LogP contribution in [0.3, 0.4) is 0 Å². The molecule has 2 aromatic carbocycles. The molecule has 2 aliphatic heterocycles. The maximum atomic E-state index is 12.6. The largest absolute Gasteiger partial charge is 0.454 e. The number of ether oxygens (including phenoxy) is 2. The summed E-state index contributed by atoms with van der Waals surface area (Å²) >= 11 is 1.53. The average molecular weight is 392 g/mol. The standard InChI is InChI=1S/C17H16N2O5S2/c20-17-5-6-25-16-4-2-12(8-13(16)19-17)26(21,22)18-9-11-1-3-14-15(7-11)24-10-23-14/h1-4,7-8,18H,5-6,9-10H2,(H,19,20). The number of anilines is 1. The Morgan fingerprint density at radius 2 is 1.96 bits per heavy atom. The zero-order chi connectivity index (χ0) is 18.1. The van der Waals surface area contributed by atoms with Crippen molar-refractivity contribution in [2.45, 2.75) is 22.8 Å². The van der Waals surface area contributed by atoms with Crippen LogP contribution in [-0.2, 0) is 21.4 Å². The molecule has 2 N–H and O–H groups in total. The normalized spacial score (nSPS) is 15.9. The minimum Gasteiger partial charge on any atom is -0.454 e. The van der Waals surface area contributed by atoms with Gasteiger partial charge in [0.05, 0.1) is 10.6 Å². The van der Waals surface area contributed by atoms with Crippen LogP contribution in [0, 0.1) is 0 Å².